The first-order valence-corrected chi connectivity index (χ1v) is 8.75. The molecule has 3 rings (SSSR count). The van der Waals surface area contributed by atoms with Crippen LogP contribution in [-0.2, 0) is 9.59 Å². The Morgan fingerprint density at radius 1 is 0.923 bits per heavy atom. The van der Waals surface area contributed by atoms with E-state index in [0.29, 0.717) is 11.5 Å². The quantitative estimate of drug-likeness (QED) is 0.577. The molecule has 0 saturated heterocycles. The van der Waals surface area contributed by atoms with E-state index < -0.39 is 0 Å². The minimum Gasteiger partial charge on any atom is -0.427 e. The molecule has 1 unspecified atom stereocenters. The van der Waals surface area contributed by atoms with Gasteiger partial charge in [-0.3, -0.25) is 9.59 Å². The molecular weight excluding hydrogens is 328 g/mol. The van der Waals surface area contributed by atoms with Crippen LogP contribution in [0.1, 0.15) is 56.7 Å². The Kier molecular flexibility index (Phi) is 4.94. The summed E-state index contributed by atoms with van der Waals surface area (Å²) in [4.78, 5) is 22.3. The third-order valence-corrected chi connectivity index (χ3v) is 4.61. The third kappa shape index (κ3) is 3.40. The molecule has 1 atom stereocenters. The number of benzene rings is 2. The summed E-state index contributed by atoms with van der Waals surface area (Å²) in [5, 5.41) is 0. The summed E-state index contributed by atoms with van der Waals surface area (Å²) in [6.45, 7) is 7.10. The maximum absolute atomic E-state index is 11.2. The van der Waals surface area contributed by atoms with Gasteiger partial charge in [0.2, 0.25) is 0 Å². The number of ether oxygens (including phenoxy) is 2. The molecular formula is C22H22O4. The summed E-state index contributed by atoms with van der Waals surface area (Å²) in [7, 11) is 0. The van der Waals surface area contributed by atoms with Crippen molar-refractivity contribution >= 4 is 23.1 Å². The Bertz CT molecular complexity index is 891. The second kappa shape index (κ2) is 7.16. The summed E-state index contributed by atoms with van der Waals surface area (Å²) < 4.78 is 10.4. The Labute approximate surface area is 153 Å². The molecule has 0 amide bonds. The lowest BCUT2D eigenvalue weighted by atomic mass is 9.92. The van der Waals surface area contributed by atoms with E-state index in [4.69, 9.17) is 9.47 Å². The van der Waals surface area contributed by atoms with Gasteiger partial charge in [-0.05, 0) is 58.5 Å². The fourth-order valence-corrected chi connectivity index (χ4v) is 3.64. The van der Waals surface area contributed by atoms with E-state index in [0.717, 1.165) is 12.0 Å². The van der Waals surface area contributed by atoms with Gasteiger partial charge in [0.15, 0.2) is 0 Å². The predicted molar refractivity (Wildman–Crippen MR) is 101 cm³/mol. The van der Waals surface area contributed by atoms with Crippen LogP contribution in [0.5, 0.6) is 11.5 Å². The van der Waals surface area contributed by atoms with Crippen molar-refractivity contribution in [2.75, 3.05) is 0 Å². The average Bonchev–Trinajstić information content (AvgIpc) is 2.86. The van der Waals surface area contributed by atoms with E-state index in [1.54, 1.807) is 0 Å². The summed E-state index contributed by atoms with van der Waals surface area (Å²) in [6.07, 6.45) is 0.908. The molecule has 26 heavy (non-hydrogen) atoms. The number of allylic oxidation sites excluding steroid dienone is 2. The SMILES string of the molecule is CCC1=C(c2ccc(OC(C)=O)cc2)C(C)c2cc(OC(C)=O)ccc21. The molecule has 4 nitrogen and oxygen atoms in total. The van der Waals surface area contributed by atoms with Crippen LogP contribution >= 0.6 is 0 Å². The topological polar surface area (TPSA) is 52.6 Å². The molecule has 0 fully saturated rings. The molecule has 0 aromatic heterocycles. The fourth-order valence-electron chi connectivity index (χ4n) is 3.64. The summed E-state index contributed by atoms with van der Waals surface area (Å²) in [5.41, 5.74) is 6.03. The number of rotatable bonds is 4. The maximum atomic E-state index is 11.2. The lowest BCUT2D eigenvalue weighted by molar-refractivity contribution is -0.132. The fraction of sp³-hybridized carbons (Fsp3) is 0.273. The van der Waals surface area contributed by atoms with Crippen molar-refractivity contribution in [2.45, 2.75) is 40.0 Å². The average molecular weight is 350 g/mol. The minimum atomic E-state index is -0.328. The molecule has 2 aromatic rings. The van der Waals surface area contributed by atoms with Crippen molar-refractivity contribution in [2.24, 2.45) is 0 Å². The van der Waals surface area contributed by atoms with Crippen molar-refractivity contribution in [1.82, 2.24) is 0 Å². The highest BCUT2D eigenvalue weighted by Gasteiger charge is 2.28. The van der Waals surface area contributed by atoms with Gasteiger partial charge in [0, 0.05) is 19.8 Å². The zero-order valence-electron chi connectivity index (χ0n) is 15.5. The number of carbonyl (C=O) groups is 2. The van der Waals surface area contributed by atoms with Gasteiger partial charge in [0.1, 0.15) is 11.5 Å². The standard InChI is InChI=1S/C22H22O4/c1-5-19-20-11-10-18(26-15(4)24)12-21(20)13(2)22(19)16-6-8-17(9-7-16)25-14(3)23/h6-13H,5H2,1-4H3. The predicted octanol–water partition coefficient (Wildman–Crippen LogP) is 4.98. The van der Waals surface area contributed by atoms with Gasteiger partial charge in [-0.2, -0.15) is 0 Å². The first-order chi connectivity index (χ1) is 12.4. The van der Waals surface area contributed by atoms with Crippen LogP contribution in [0, 0.1) is 0 Å². The van der Waals surface area contributed by atoms with Gasteiger partial charge in [0.25, 0.3) is 0 Å². The van der Waals surface area contributed by atoms with Crippen LogP contribution in [0.2, 0.25) is 0 Å². The lowest BCUT2D eigenvalue weighted by Gasteiger charge is -2.13. The van der Waals surface area contributed by atoms with Gasteiger partial charge in [0.05, 0.1) is 0 Å². The molecule has 0 spiro atoms. The number of carbonyl (C=O) groups excluding carboxylic acids is 2. The largest absolute Gasteiger partial charge is 0.427 e. The molecule has 1 aliphatic carbocycles. The zero-order valence-corrected chi connectivity index (χ0v) is 15.5. The van der Waals surface area contributed by atoms with E-state index in [2.05, 4.69) is 13.8 Å². The second-order valence-corrected chi connectivity index (χ2v) is 6.43. The van der Waals surface area contributed by atoms with Crippen LogP contribution in [0.15, 0.2) is 42.5 Å². The lowest BCUT2D eigenvalue weighted by Crippen LogP contribution is -2.02. The molecule has 0 aliphatic heterocycles. The third-order valence-electron chi connectivity index (χ3n) is 4.61. The number of hydrogen-bond acceptors (Lipinski definition) is 4. The van der Waals surface area contributed by atoms with Crippen molar-refractivity contribution in [3.63, 3.8) is 0 Å². The minimum absolute atomic E-state index is 0.190. The van der Waals surface area contributed by atoms with Gasteiger partial charge >= 0.3 is 11.9 Å². The molecule has 0 heterocycles. The van der Waals surface area contributed by atoms with Crippen LogP contribution in [0.25, 0.3) is 11.1 Å². The molecule has 1 aliphatic rings. The first-order valence-electron chi connectivity index (χ1n) is 8.75. The van der Waals surface area contributed by atoms with Crippen LogP contribution < -0.4 is 9.47 Å². The molecule has 0 saturated carbocycles. The Morgan fingerprint density at radius 3 is 2.08 bits per heavy atom. The Hall–Kier alpha value is -2.88. The molecule has 2 aromatic carbocycles. The Morgan fingerprint density at radius 2 is 1.50 bits per heavy atom. The second-order valence-electron chi connectivity index (χ2n) is 6.43. The van der Waals surface area contributed by atoms with E-state index >= 15 is 0 Å². The molecule has 134 valence electrons. The number of fused-ring (bicyclic) bond motifs is 1. The number of esters is 2. The van der Waals surface area contributed by atoms with E-state index in [9.17, 15) is 9.59 Å². The van der Waals surface area contributed by atoms with Crippen molar-refractivity contribution < 1.29 is 19.1 Å². The normalized spacial score (nSPS) is 15.6. The van der Waals surface area contributed by atoms with Crippen molar-refractivity contribution in [1.29, 1.82) is 0 Å². The molecule has 4 heteroatoms. The van der Waals surface area contributed by atoms with Crippen LogP contribution in [-0.4, -0.2) is 11.9 Å². The van der Waals surface area contributed by atoms with Gasteiger partial charge in [-0.1, -0.05) is 32.0 Å². The summed E-state index contributed by atoms with van der Waals surface area (Å²) in [6, 6.07) is 13.4. The van der Waals surface area contributed by atoms with Gasteiger partial charge in [-0.25, -0.2) is 0 Å². The monoisotopic (exact) mass is 350 g/mol. The molecule has 0 radical (unpaired) electrons. The van der Waals surface area contributed by atoms with Crippen LogP contribution in [0.3, 0.4) is 0 Å². The molecule has 0 bridgehead atoms. The smallest absolute Gasteiger partial charge is 0.308 e. The van der Waals surface area contributed by atoms with E-state index in [1.165, 1.54) is 36.1 Å². The summed E-state index contributed by atoms with van der Waals surface area (Å²) in [5.74, 6) is 0.659. The summed E-state index contributed by atoms with van der Waals surface area (Å²) >= 11 is 0. The Balaban J connectivity index is 1.98. The number of hydrogen-bond donors (Lipinski definition) is 0. The zero-order chi connectivity index (χ0) is 18.8. The highest BCUT2D eigenvalue weighted by molar-refractivity contribution is 5.99. The van der Waals surface area contributed by atoms with Gasteiger partial charge in [-0.15, -0.1) is 0 Å². The van der Waals surface area contributed by atoms with Crippen molar-refractivity contribution in [3.05, 3.63) is 59.2 Å². The molecule has 0 N–H and O–H groups in total. The highest BCUT2D eigenvalue weighted by Crippen LogP contribution is 2.49. The van der Waals surface area contributed by atoms with E-state index in [-0.39, 0.29) is 17.9 Å². The first kappa shape index (κ1) is 17.9. The maximum Gasteiger partial charge on any atom is 0.308 e. The van der Waals surface area contributed by atoms with Crippen LogP contribution in [0.4, 0.5) is 0 Å². The highest BCUT2D eigenvalue weighted by atomic mass is 16.5. The van der Waals surface area contributed by atoms with Gasteiger partial charge < -0.3 is 9.47 Å². The van der Waals surface area contributed by atoms with E-state index in [1.807, 2.05) is 42.5 Å². The van der Waals surface area contributed by atoms with Crippen molar-refractivity contribution in [3.8, 4) is 11.5 Å².